The smallest absolute Gasteiger partial charge is 0.251 e. The quantitative estimate of drug-likeness (QED) is 0.369. The molecule has 1 aromatic heterocycles. The van der Waals surface area contributed by atoms with Gasteiger partial charge in [0.2, 0.25) is 0 Å². The Kier molecular flexibility index (Phi) is 7.49. The molecule has 2 fully saturated rings. The van der Waals surface area contributed by atoms with Gasteiger partial charge < -0.3 is 24.4 Å². The van der Waals surface area contributed by atoms with Crippen molar-refractivity contribution in [2.45, 2.75) is 51.8 Å². The van der Waals surface area contributed by atoms with Crippen LogP contribution in [0.1, 0.15) is 37.8 Å². The average molecular weight is 503 g/mol. The Labute approximate surface area is 182 Å². The molecule has 0 aliphatic carbocycles. The minimum atomic E-state index is -0.228. The second-order valence-corrected chi connectivity index (χ2v) is 7.27. The summed E-state index contributed by atoms with van der Waals surface area (Å²) in [7, 11) is 0. The third-order valence-corrected chi connectivity index (χ3v) is 5.49. The van der Waals surface area contributed by atoms with E-state index in [2.05, 4.69) is 31.9 Å². The summed E-state index contributed by atoms with van der Waals surface area (Å²) in [6.07, 6.45) is 3.76. The number of ether oxygens (including phenoxy) is 1. The zero-order chi connectivity index (χ0) is 18.6. The van der Waals surface area contributed by atoms with Crippen LogP contribution in [0.25, 0.3) is 0 Å². The molecule has 3 aliphatic rings. The number of aryl methyl sites for hydroxylation is 1. The number of hydrogen-bond donors (Lipinski definition) is 1. The number of hydrogen-bond acceptors (Lipinski definition) is 5. The number of carbonyl (C=O) groups is 1. The van der Waals surface area contributed by atoms with Crippen LogP contribution in [0.2, 0.25) is 0 Å². The molecule has 1 atom stereocenters. The molecule has 0 saturated carbocycles. The molecule has 0 bridgehead atoms. The van der Waals surface area contributed by atoms with E-state index in [-0.39, 0.29) is 36.0 Å². The minimum Gasteiger partial charge on any atom is -0.368 e. The van der Waals surface area contributed by atoms with Crippen LogP contribution < -0.4 is 5.32 Å². The predicted octanol–water partition coefficient (Wildman–Crippen LogP) is 0.631. The van der Waals surface area contributed by atoms with Gasteiger partial charge in [-0.25, -0.2) is 4.99 Å². The molecule has 1 unspecified atom stereocenters. The van der Waals surface area contributed by atoms with Crippen molar-refractivity contribution in [2.24, 2.45) is 4.99 Å². The zero-order valence-electron chi connectivity index (χ0n) is 16.5. The number of halogens is 1. The molecule has 3 aliphatic heterocycles. The van der Waals surface area contributed by atoms with Crippen molar-refractivity contribution in [3.05, 3.63) is 11.6 Å². The van der Waals surface area contributed by atoms with Crippen molar-refractivity contribution in [1.82, 2.24) is 29.9 Å². The molecule has 4 rings (SSSR count). The van der Waals surface area contributed by atoms with Gasteiger partial charge >= 0.3 is 0 Å². The molecular weight excluding hydrogens is 473 g/mol. The number of nitrogens with zero attached hydrogens (tertiary/aromatic N) is 6. The highest BCUT2D eigenvalue weighted by Crippen LogP contribution is 2.17. The molecule has 1 N–H and O–H groups in total. The standard InChI is InChI=1S/C18H29N7O2.HI/c1-2-19-18(20-13-16-22-21-15-6-3-7-25(15)16)24-10-8-23(9-11-24)17(26)14-5-4-12-27-14;/h14H,2-13H2,1H3,(H,19,20);1H. The van der Waals surface area contributed by atoms with Crippen LogP contribution in [0.5, 0.6) is 0 Å². The van der Waals surface area contributed by atoms with Crippen LogP contribution in [-0.4, -0.2) is 81.9 Å². The van der Waals surface area contributed by atoms with Gasteiger partial charge in [-0.05, 0) is 26.2 Å². The molecule has 28 heavy (non-hydrogen) atoms. The summed E-state index contributed by atoms with van der Waals surface area (Å²) < 4.78 is 7.73. The van der Waals surface area contributed by atoms with Crippen LogP contribution in [0.15, 0.2) is 4.99 Å². The van der Waals surface area contributed by atoms with E-state index in [1.807, 2.05) is 4.90 Å². The van der Waals surface area contributed by atoms with Crippen LogP contribution in [0, 0.1) is 0 Å². The number of aliphatic imine (C=N–C) groups is 1. The van der Waals surface area contributed by atoms with E-state index in [1.165, 1.54) is 0 Å². The van der Waals surface area contributed by atoms with E-state index in [9.17, 15) is 4.79 Å². The average Bonchev–Trinajstić information content (AvgIpc) is 3.43. The molecule has 156 valence electrons. The van der Waals surface area contributed by atoms with Crippen molar-refractivity contribution < 1.29 is 9.53 Å². The number of rotatable bonds is 4. The lowest BCUT2D eigenvalue weighted by atomic mass is 10.2. The third kappa shape index (κ3) is 4.58. The molecule has 2 saturated heterocycles. The normalized spacial score (nSPS) is 22.2. The Morgan fingerprint density at radius 3 is 2.68 bits per heavy atom. The van der Waals surface area contributed by atoms with E-state index in [0.29, 0.717) is 26.2 Å². The van der Waals surface area contributed by atoms with Crippen LogP contribution >= 0.6 is 24.0 Å². The lowest BCUT2D eigenvalue weighted by Crippen LogP contribution is -2.55. The number of piperazine rings is 1. The lowest BCUT2D eigenvalue weighted by molar-refractivity contribution is -0.142. The fraction of sp³-hybridized carbons (Fsp3) is 0.778. The van der Waals surface area contributed by atoms with Crippen LogP contribution in [0.4, 0.5) is 0 Å². The Morgan fingerprint density at radius 1 is 1.18 bits per heavy atom. The summed E-state index contributed by atoms with van der Waals surface area (Å²) in [6.45, 7) is 8.10. The number of carbonyl (C=O) groups excluding carboxylic acids is 1. The first-order valence-electron chi connectivity index (χ1n) is 10.1. The molecule has 0 aromatic carbocycles. The highest BCUT2D eigenvalue weighted by Gasteiger charge is 2.31. The number of fused-ring (bicyclic) bond motifs is 1. The van der Waals surface area contributed by atoms with Crippen molar-refractivity contribution in [3.8, 4) is 0 Å². The predicted molar refractivity (Wildman–Crippen MR) is 116 cm³/mol. The lowest BCUT2D eigenvalue weighted by Gasteiger charge is -2.37. The Hall–Kier alpha value is -1.43. The maximum atomic E-state index is 12.5. The third-order valence-electron chi connectivity index (χ3n) is 5.49. The number of nitrogens with one attached hydrogen (secondary N) is 1. The number of guanidine groups is 1. The maximum Gasteiger partial charge on any atom is 0.251 e. The van der Waals surface area contributed by atoms with Gasteiger partial charge in [-0.2, -0.15) is 0 Å². The summed E-state index contributed by atoms with van der Waals surface area (Å²) in [5, 5.41) is 11.9. The molecule has 10 heteroatoms. The van der Waals surface area contributed by atoms with Gasteiger partial charge in [-0.3, -0.25) is 4.79 Å². The second kappa shape index (κ2) is 9.86. The van der Waals surface area contributed by atoms with Crippen molar-refractivity contribution in [1.29, 1.82) is 0 Å². The van der Waals surface area contributed by atoms with Crippen molar-refractivity contribution >= 4 is 35.8 Å². The monoisotopic (exact) mass is 503 g/mol. The van der Waals surface area contributed by atoms with Gasteiger partial charge in [0.25, 0.3) is 5.91 Å². The first-order chi connectivity index (χ1) is 13.3. The van der Waals surface area contributed by atoms with Gasteiger partial charge in [0, 0.05) is 52.3 Å². The Bertz CT molecular complexity index is 694. The molecule has 0 radical (unpaired) electrons. The number of aromatic nitrogens is 3. The van der Waals surface area contributed by atoms with E-state index >= 15 is 0 Å². The molecular formula is C18H30IN7O2. The van der Waals surface area contributed by atoms with E-state index in [1.54, 1.807) is 0 Å². The Morgan fingerprint density at radius 2 is 1.96 bits per heavy atom. The highest BCUT2D eigenvalue weighted by molar-refractivity contribution is 14.0. The fourth-order valence-electron chi connectivity index (χ4n) is 4.01. The fourth-order valence-corrected chi connectivity index (χ4v) is 4.01. The van der Waals surface area contributed by atoms with Gasteiger partial charge in [-0.1, -0.05) is 0 Å². The Balaban J connectivity index is 0.00000225. The van der Waals surface area contributed by atoms with Crippen molar-refractivity contribution in [3.63, 3.8) is 0 Å². The summed E-state index contributed by atoms with van der Waals surface area (Å²) in [6, 6.07) is 0. The highest BCUT2D eigenvalue weighted by atomic mass is 127. The molecule has 4 heterocycles. The first kappa shape index (κ1) is 21.3. The molecule has 1 aromatic rings. The topological polar surface area (TPSA) is 87.9 Å². The van der Waals surface area contributed by atoms with Crippen LogP contribution in [0.3, 0.4) is 0 Å². The summed E-state index contributed by atoms with van der Waals surface area (Å²) in [5.41, 5.74) is 0. The molecule has 9 nitrogen and oxygen atoms in total. The summed E-state index contributed by atoms with van der Waals surface area (Å²) in [5.74, 6) is 3.04. The van der Waals surface area contributed by atoms with E-state index in [0.717, 1.165) is 69.5 Å². The van der Waals surface area contributed by atoms with Crippen molar-refractivity contribution in [2.75, 3.05) is 39.3 Å². The maximum absolute atomic E-state index is 12.5. The second-order valence-electron chi connectivity index (χ2n) is 7.27. The molecule has 0 spiro atoms. The van der Waals surface area contributed by atoms with Crippen LogP contribution in [-0.2, 0) is 29.0 Å². The number of amides is 1. The SMILES string of the molecule is CCNC(=NCc1nnc2n1CCC2)N1CCN(C(=O)C2CCCO2)CC1.I. The van der Waals surface area contributed by atoms with E-state index < -0.39 is 0 Å². The van der Waals surface area contributed by atoms with Gasteiger partial charge in [0.1, 0.15) is 18.5 Å². The van der Waals surface area contributed by atoms with Gasteiger partial charge in [-0.15, -0.1) is 34.2 Å². The molecule has 1 amide bonds. The summed E-state index contributed by atoms with van der Waals surface area (Å²) in [4.78, 5) is 21.5. The largest absolute Gasteiger partial charge is 0.368 e. The van der Waals surface area contributed by atoms with E-state index in [4.69, 9.17) is 9.73 Å². The first-order valence-corrected chi connectivity index (χ1v) is 10.1. The minimum absolute atomic E-state index is 0. The zero-order valence-corrected chi connectivity index (χ0v) is 18.8. The van der Waals surface area contributed by atoms with Gasteiger partial charge in [0.15, 0.2) is 11.8 Å². The summed E-state index contributed by atoms with van der Waals surface area (Å²) >= 11 is 0. The van der Waals surface area contributed by atoms with Gasteiger partial charge in [0.05, 0.1) is 0 Å².